The van der Waals surface area contributed by atoms with E-state index in [2.05, 4.69) is 20.3 Å². The predicted molar refractivity (Wildman–Crippen MR) is 70.5 cm³/mol. The quantitative estimate of drug-likeness (QED) is 0.829. The van der Waals surface area contributed by atoms with Gasteiger partial charge in [-0.1, -0.05) is 0 Å². The third-order valence-corrected chi connectivity index (χ3v) is 2.83. The molecule has 0 bridgehead atoms. The van der Waals surface area contributed by atoms with E-state index >= 15 is 0 Å². The average molecular weight is 301 g/mol. The number of nitrogens with two attached hydrogens (primary N) is 1. The first kappa shape index (κ1) is 14.9. The van der Waals surface area contributed by atoms with E-state index in [-0.39, 0.29) is 17.4 Å². The second kappa shape index (κ2) is 5.90. The van der Waals surface area contributed by atoms with Gasteiger partial charge in [-0.15, -0.1) is 10.2 Å². The zero-order chi connectivity index (χ0) is 15.6. The molecule has 0 aliphatic rings. The van der Waals surface area contributed by atoms with E-state index < -0.39 is 18.2 Å². The van der Waals surface area contributed by atoms with Crippen molar-refractivity contribution in [1.29, 1.82) is 0 Å². The molecule has 9 heteroatoms. The van der Waals surface area contributed by atoms with Gasteiger partial charge in [0, 0.05) is 19.2 Å². The lowest BCUT2D eigenvalue weighted by Crippen LogP contribution is -2.13. The van der Waals surface area contributed by atoms with E-state index in [1.54, 1.807) is 18.5 Å². The Morgan fingerprint density at radius 2 is 2.10 bits per heavy atom. The van der Waals surface area contributed by atoms with Crippen LogP contribution in [0.1, 0.15) is 18.8 Å². The van der Waals surface area contributed by atoms with E-state index in [9.17, 15) is 13.2 Å². The molecular weight excluding hydrogens is 287 g/mol. The number of anilines is 2. The normalized spacial score (nSPS) is 12.5. The van der Waals surface area contributed by atoms with Crippen LogP contribution in [-0.2, 0) is 7.05 Å². The van der Waals surface area contributed by atoms with Crippen LogP contribution in [0.2, 0.25) is 0 Å². The van der Waals surface area contributed by atoms with Crippen LogP contribution in [0.3, 0.4) is 0 Å². The first-order chi connectivity index (χ1) is 9.88. The second-order valence-corrected chi connectivity index (χ2v) is 4.41. The minimum absolute atomic E-state index is 0.0723. The fourth-order valence-electron chi connectivity index (χ4n) is 1.86. The van der Waals surface area contributed by atoms with Gasteiger partial charge in [-0.05, 0) is 6.92 Å². The number of benzene rings is 1. The Kier molecular flexibility index (Phi) is 4.20. The molecule has 1 aromatic carbocycles. The molecule has 3 N–H and O–H groups in total. The van der Waals surface area contributed by atoms with Crippen molar-refractivity contribution in [1.82, 2.24) is 14.8 Å². The van der Waals surface area contributed by atoms with Crippen LogP contribution in [0.15, 0.2) is 18.5 Å². The van der Waals surface area contributed by atoms with Crippen molar-refractivity contribution in [2.45, 2.75) is 19.6 Å². The van der Waals surface area contributed by atoms with Crippen LogP contribution in [-0.4, -0.2) is 21.4 Å². The minimum Gasteiger partial charge on any atom is -0.432 e. The highest BCUT2D eigenvalue weighted by Crippen LogP contribution is 2.31. The molecule has 114 valence electrons. The maximum atomic E-state index is 13.5. The minimum atomic E-state index is -3.12. The monoisotopic (exact) mass is 301 g/mol. The lowest BCUT2D eigenvalue weighted by atomic mass is 10.2. The average Bonchev–Trinajstić information content (AvgIpc) is 2.81. The summed E-state index contributed by atoms with van der Waals surface area (Å²) < 4.78 is 43.7. The summed E-state index contributed by atoms with van der Waals surface area (Å²) in [7, 11) is 1.76. The van der Waals surface area contributed by atoms with Gasteiger partial charge in [-0.25, -0.2) is 4.39 Å². The molecule has 2 aromatic rings. The summed E-state index contributed by atoms with van der Waals surface area (Å²) in [6.07, 6.45) is 1.52. The van der Waals surface area contributed by atoms with Crippen LogP contribution in [0, 0.1) is 5.82 Å². The van der Waals surface area contributed by atoms with Crippen molar-refractivity contribution >= 4 is 11.4 Å². The fourth-order valence-corrected chi connectivity index (χ4v) is 1.86. The summed E-state index contributed by atoms with van der Waals surface area (Å²) in [6.45, 7) is -1.34. The second-order valence-electron chi connectivity index (χ2n) is 4.41. The SMILES string of the molecule is CC(Nc1cc(OC(F)F)c(F)cc1N)c1nncn1C. The molecule has 0 radical (unpaired) electrons. The number of rotatable bonds is 5. The summed E-state index contributed by atoms with van der Waals surface area (Å²) in [5, 5.41) is 10.6. The lowest BCUT2D eigenvalue weighted by molar-refractivity contribution is -0.0521. The molecule has 0 saturated heterocycles. The largest absolute Gasteiger partial charge is 0.432 e. The summed E-state index contributed by atoms with van der Waals surface area (Å²) >= 11 is 0. The van der Waals surface area contributed by atoms with Crippen LogP contribution < -0.4 is 15.8 Å². The predicted octanol–water partition coefficient (Wildman–Crippen LogP) is 2.31. The number of halogens is 3. The third kappa shape index (κ3) is 3.36. The molecule has 0 aliphatic heterocycles. The summed E-state index contributed by atoms with van der Waals surface area (Å²) in [4.78, 5) is 0. The van der Waals surface area contributed by atoms with Crippen LogP contribution in [0.4, 0.5) is 24.5 Å². The van der Waals surface area contributed by atoms with Gasteiger partial charge in [0.25, 0.3) is 0 Å². The Balaban J connectivity index is 2.25. The standard InChI is InChI=1S/C12H14F3N5O/c1-6(11-19-17-5-20(11)2)18-9-4-10(21-12(14)15)7(13)3-8(9)16/h3-6,12,18H,16H2,1-2H3. The molecule has 1 heterocycles. The first-order valence-corrected chi connectivity index (χ1v) is 6.02. The van der Waals surface area contributed by atoms with Crippen LogP contribution in [0.5, 0.6) is 5.75 Å². The zero-order valence-corrected chi connectivity index (χ0v) is 11.3. The number of nitrogen functional groups attached to an aromatic ring is 1. The molecule has 1 unspecified atom stereocenters. The topological polar surface area (TPSA) is 78.0 Å². The number of nitrogens with one attached hydrogen (secondary N) is 1. The fraction of sp³-hybridized carbons (Fsp3) is 0.333. The van der Waals surface area contributed by atoms with Gasteiger partial charge >= 0.3 is 6.61 Å². The molecule has 0 aliphatic carbocycles. The maximum Gasteiger partial charge on any atom is 0.387 e. The first-order valence-electron chi connectivity index (χ1n) is 6.02. The Labute approximate surface area is 118 Å². The van der Waals surface area contributed by atoms with E-state index in [0.29, 0.717) is 5.82 Å². The molecular formula is C12H14F3N5O. The van der Waals surface area contributed by atoms with E-state index in [1.165, 1.54) is 6.33 Å². The number of aryl methyl sites for hydroxylation is 1. The highest BCUT2D eigenvalue weighted by Gasteiger charge is 2.16. The van der Waals surface area contributed by atoms with Gasteiger partial charge in [0.05, 0.1) is 17.4 Å². The highest BCUT2D eigenvalue weighted by molar-refractivity contribution is 5.69. The smallest absolute Gasteiger partial charge is 0.387 e. The van der Waals surface area contributed by atoms with Gasteiger partial charge in [0.2, 0.25) is 0 Å². The van der Waals surface area contributed by atoms with Crippen molar-refractivity contribution < 1.29 is 17.9 Å². The molecule has 2 rings (SSSR count). The lowest BCUT2D eigenvalue weighted by Gasteiger charge is -2.17. The van der Waals surface area contributed by atoms with E-state index in [0.717, 1.165) is 12.1 Å². The zero-order valence-electron chi connectivity index (χ0n) is 11.3. The van der Waals surface area contributed by atoms with Gasteiger partial charge in [0.1, 0.15) is 6.33 Å². The number of aromatic nitrogens is 3. The van der Waals surface area contributed by atoms with E-state index in [4.69, 9.17) is 5.73 Å². The molecule has 1 aromatic heterocycles. The van der Waals surface area contributed by atoms with Crippen molar-refractivity contribution in [3.8, 4) is 5.75 Å². The number of alkyl halides is 2. The van der Waals surface area contributed by atoms with Gasteiger partial charge in [-0.3, -0.25) is 0 Å². The van der Waals surface area contributed by atoms with Crippen molar-refractivity contribution in [3.63, 3.8) is 0 Å². The van der Waals surface area contributed by atoms with E-state index in [1.807, 2.05) is 0 Å². The highest BCUT2D eigenvalue weighted by atomic mass is 19.3. The molecule has 6 nitrogen and oxygen atoms in total. The Morgan fingerprint density at radius 3 is 2.67 bits per heavy atom. The summed E-state index contributed by atoms with van der Waals surface area (Å²) in [5.41, 5.74) is 6.01. The molecule has 0 spiro atoms. The molecule has 21 heavy (non-hydrogen) atoms. The van der Waals surface area contributed by atoms with Crippen LogP contribution in [0.25, 0.3) is 0 Å². The molecule has 0 amide bonds. The Morgan fingerprint density at radius 1 is 1.38 bits per heavy atom. The van der Waals surface area contributed by atoms with Crippen molar-refractivity contribution in [2.75, 3.05) is 11.1 Å². The third-order valence-electron chi connectivity index (χ3n) is 2.83. The number of hydrogen-bond acceptors (Lipinski definition) is 5. The Hall–Kier alpha value is -2.45. The van der Waals surface area contributed by atoms with Gasteiger partial charge in [0.15, 0.2) is 17.4 Å². The molecule has 0 fully saturated rings. The maximum absolute atomic E-state index is 13.5. The van der Waals surface area contributed by atoms with Crippen LogP contribution >= 0.6 is 0 Å². The van der Waals surface area contributed by atoms with Crippen molar-refractivity contribution in [2.24, 2.45) is 7.05 Å². The Bertz CT molecular complexity index is 631. The summed E-state index contributed by atoms with van der Waals surface area (Å²) in [6, 6.07) is 1.69. The van der Waals surface area contributed by atoms with Gasteiger partial charge < -0.3 is 20.4 Å². The molecule has 1 atom stereocenters. The molecule has 0 saturated carbocycles. The van der Waals surface area contributed by atoms with Gasteiger partial charge in [-0.2, -0.15) is 8.78 Å². The van der Waals surface area contributed by atoms with Crippen molar-refractivity contribution in [3.05, 3.63) is 30.1 Å². The number of ether oxygens (including phenoxy) is 1. The number of hydrogen-bond donors (Lipinski definition) is 2. The number of nitrogens with zero attached hydrogens (tertiary/aromatic N) is 3. The summed E-state index contributed by atoms with van der Waals surface area (Å²) in [5.74, 6) is -0.924.